The van der Waals surface area contributed by atoms with Gasteiger partial charge in [-0.1, -0.05) is 30.3 Å². The summed E-state index contributed by atoms with van der Waals surface area (Å²) in [7, 11) is 0. The molecule has 0 bridgehead atoms. The molecule has 3 aromatic rings. The summed E-state index contributed by atoms with van der Waals surface area (Å²) in [5, 5.41) is 5.77. The predicted octanol–water partition coefficient (Wildman–Crippen LogP) is 3.11. The van der Waals surface area contributed by atoms with Crippen molar-refractivity contribution in [3.8, 4) is 10.6 Å². The van der Waals surface area contributed by atoms with Gasteiger partial charge < -0.3 is 5.32 Å². The fourth-order valence-electron chi connectivity index (χ4n) is 2.23. The molecule has 0 unspecified atom stereocenters. The molecule has 3 rings (SSSR count). The monoisotopic (exact) mass is 323 g/mol. The minimum Gasteiger partial charge on any atom is -0.355 e. The topological polar surface area (TPSA) is 54.9 Å². The first-order chi connectivity index (χ1) is 11.3. The molecule has 0 radical (unpaired) electrons. The maximum atomic E-state index is 12.0. The van der Waals surface area contributed by atoms with E-state index < -0.39 is 0 Å². The summed E-state index contributed by atoms with van der Waals surface area (Å²) in [4.78, 5) is 20.6. The Morgan fingerprint density at radius 1 is 1.13 bits per heavy atom. The van der Waals surface area contributed by atoms with Crippen molar-refractivity contribution in [1.82, 2.24) is 15.3 Å². The van der Waals surface area contributed by atoms with Crippen molar-refractivity contribution in [2.45, 2.75) is 12.8 Å². The predicted molar refractivity (Wildman–Crippen MR) is 92.2 cm³/mol. The number of aromatic nitrogens is 2. The van der Waals surface area contributed by atoms with Crippen LogP contribution in [0.3, 0.4) is 0 Å². The molecule has 1 aromatic carbocycles. The molecular weight excluding hydrogens is 306 g/mol. The Labute approximate surface area is 139 Å². The Kier molecular flexibility index (Phi) is 5.11. The molecule has 0 atom stereocenters. The zero-order valence-corrected chi connectivity index (χ0v) is 13.4. The third-order valence-electron chi connectivity index (χ3n) is 3.38. The second-order valence-corrected chi connectivity index (χ2v) is 6.01. The van der Waals surface area contributed by atoms with Crippen LogP contribution >= 0.6 is 11.3 Å². The van der Waals surface area contributed by atoms with Crippen LogP contribution < -0.4 is 5.32 Å². The average Bonchev–Trinajstić information content (AvgIpc) is 3.05. The molecule has 1 amide bonds. The molecule has 0 aliphatic carbocycles. The lowest BCUT2D eigenvalue weighted by atomic mass is 10.1. The van der Waals surface area contributed by atoms with Gasteiger partial charge in [-0.3, -0.25) is 9.78 Å². The van der Waals surface area contributed by atoms with Crippen molar-refractivity contribution in [2.75, 3.05) is 6.54 Å². The quantitative estimate of drug-likeness (QED) is 0.758. The molecule has 0 fully saturated rings. The number of nitrogens with one attached hydrogen (secondary N) is 1. The Bertz CT molecular complexity index is 756. The fraction of sp³-hybridized carbons (Fsp3) is 0.167. The maximum Gasteiger partial charge on any atom is 0.226 e. The number of nitrogens with zero attached hydrogens (tertiary/aromatic N) is 2. The van der Waals surface area contributed by atoms with E-state index in [0.717, 1.165) is 22.7 Å². The number of hydrogen-bond acceptors (Lipinski definition) is 4. The molecule has 0 aliphatic rings. The molecular formula is C18H17N3OS. The van der Waals surface area contributed by atoms with E-state index in [2.05, 4.69) is 27.4 Å². The number of carbonyl (C=O) groups excluding carboxylic acids is 1. The van der Waals surface area contributed by atoms with Gasteiger partial charge in [0, 0.05) is 29.9 Å². The highest BCUT2D eigenvalue weighted by atomic mass is 32.1. The van der Waals surface area contributed by atoms with Crippen LogP contribution in [0, 0.1) is 0 Å². The van der Waals surface area contributed by atoms with E-state index in [1.165, 1.54) is 16.9 Å². The highest BCUT2D eigenvalue weighted by molar-refractivity contribution is 7.13. The Balaban J connectivity index is 1.49. The second-order valence-electron chi connectivity index (χ2n) is 5.15. The van der Waals surface area contributed by atoms with E-state index in [1.807, 2.05) is 35.7 Å². The van der Waals surface area contributed by atoms with Gasteiger partial charge in [-0.2, -0.15) is 0 Å². The number of hydrogen-bond donors (Lipinski definition) is 1. The zero-order valence-electron chi connectivity index (χ0n) is 12.6. The van der Waals surface area contributed by atoms with Crippen LogP contribution in [-0.4, -0.2) is 22.4 Å². The summed E-state index contributed by atoms with van der Waals surface area (Å²) in [6.45, 7) is 0.641. The minimum absolute atomic E-state index is 0.00367. The molecule has 2 heterocycles. The van der Waals surface area contributed by atoms with Gasteiger partial charge >= 0.3 is 0 Å². The normalized spacial score (nSPS) is 10.4. The standard InChI is InChI=1S/C18H17N3OS/c22-17(20-10-8-14-5-2-1-3-6-14)11-16-13-23-18(21-16)15-7-4-9-19-12-15/h1-7,9,12-13H,8,10-11H2,(H,20,22). The van der Waals surface area contributed by atoms with Crippen LogP contribution in [0.2, 0.25) is 0 Å². The number of thiazole rings is 1. The Morgan fingerprint density at radius 3 is 2.78 bits per heavy atom. The van der Waals surface area contributed by atoms with Crippen LogP contribution in [0.25, 0.3) is 10.6 Å². The molecule has 116 valence electrons. The van der Waals surface area contributed by atoms with Gasteiger partial charge in [0.05, 0.1) is 12.1 Å². The summed E-state index contributed by atoms with van der Waals surface area (Å²) in [5.74, 6) is 0.00367. The van der Waals surface area contributed by atoms with Crippen LogP contribution in [0.1, 0.15) is 11.3 Å². The van der Waals surface area contributed by atoms with Gasteiger partial charge in [-0.25, -0.2) is 4.98 Å². The molecule has 4 nitrogen and oxygen atoms in total. The summed E-state index contributed by atoms with van der Waals surface area (Å²) < 4.78 is 0. The average molecular weight is 323 g/mol. The lowest BCUT2D eigenvalue weighted by Crippen LogP contribution is -2.27. The lowest BCUT2D eigenvalue weighted by Gasteiger charge is -2.04. The summed E-state index contributed by atoms with van der Waals surface area (Å²) in [6.07, 6.45) is 4.66. The number of pyridine rings is 1. The molecule has 5 heteroatoms. The molecule has 0 aliphatic heterocycles. The van der Waals surface area contributed by atoms with E-state index in [1.54, 1.807) is 12.4 Å². The third kappa shape index (κ3) is 4.47. The van der Waals surface area contributed by atoms with Crippen molar-refractivity contribution in [1.29, 1.82) is 0 Å². The van der Waals surface area contributed by atoms with Gasteiger partial charge in [0.25, 0.3) is 0 Å². The fourth-order valence-corrected chi connectivity index (χ4v) is 3.04. The highest BCUT2D eigenvalue weighted by Crippen LogP contribution is 2.22. The van der Waals surface area contributed by atoms with Crippen molar-refractivity contribution in [3.63, 3.8) is 0 Å². The highest BCUT2D eigenvalue weighted by Gasteiger charge is 2.08. The number of carbonyl (C=O) groups is 1. The first-order valence-corrected chi connectivity index (χ1v) is 8.34. The van der Waals surface area contributed by atoms with Crippen LogP contribution in [0.4, 0.5) is 0 Å². The van der Waals surface area contributed by atoms with Crippen molar-refractivity contribution in [3.05, 3.63) is 71.5 Å². The summed E-state index contributed by atoms with van der Waals surface area (Å²) >= 11 is 1.53. The van der Waals surface area contributed by atoms with Crippen molar-refractivity contribution in [2.24, 2.45) is 0 Å². The number of amides is 1. The molecule has 0 spiro atoms. The van der Waals surface area contributed by atoms with Gasteiger partial charge in [0.15, 0.2) is 0 Å². The van der Waals surface area contributed by atoms with Crippen LogP contribution in [-0.2, 0) is 17.6 Å². The number of benzene rings is 1. The zero-order chi connectivity index (χ0) is 15.9. The largest absolute Gasteiger partial charge is 0.355 e. The second kappa shape index (κ2) is 7.65. The minimum atomic E-state index is 0.00367. The van der Waals surface area contributed by atoms with E-state index in [4.69, 9.17) is 0 Å². The van der Waals surface area contributed by atoms with Gasteiger partial charge in [0.1, 0.15) is 5.01 Å². The molecule has 0 saturated heterocycles. The van der Waals surface area contributed by atoms with Gasteiger partial charge in [-0.05, 0) is 24.1 Å². The first-order valence-electron chi connectivity index (χ1n) is 7.47. The maximum absolute atomic E-state index is 12.0. The SMILES string of the molecule is O=C(Cc1csc(-c2cccnc2)n1)NCCc1ccccc1. The van der Waals surface area contributed by atoms with Gasteiger partial charge in [0.2, 0.25) is 5.91 Å². The van der Waals surface area contributed by atoms with Gasteiger partial charge in [-0.15, -0.1) is 11.3 Å². The molecule has 23 heavy (non-hydrogen) atoms. The molecule has 2 aromatic heterocycles. The van der Waals surface area contributed by atoms with Crippen LogP contribution in [0.15, 0.2) is 60.2 Å². The molecule has 1 N–H and O–H groups in total. The smallest absolute Gasteiger partial charge is 0.226 e. The lowest BCUT2D eigenvalue weighted by molar-refractivity contribution is -0.120. The van der Waals surface area contributed by atoms with E-state index in [0.29, 0.717) is 13.0 Å². The third-order valence-corrected chi connectivity index (χ3v) is 4.32. The number of rotatable bonds is 6. The Morgan fingerprint density at radius 2 is 2.00 bits per heavy atom. The summed E-state index contributed by atoms with van der Waals surface area (Å²) in [5.41, 5.74) is 3.00. The first kappa shape index (κ1) is 15.4. The summed E-state index contributed by atoms with van der Waals surface area (Å²) in [6, 6.07) is 14.0. The van der Waals surface area contributed by atoms with E-state index in [9.17, 15) is 4.79 Å². The van der Waals surface area contributed by atoms with Crippen molar-refractivity contribution >= 4 is 17.2 Å². The van der Waals surface area contributed by atoms with Crippen molar-refractivity contribution < 1.29 is 4.79 Å². The van der Waals surface area contributed by atoms with E-state index in [-0.39, 0.29) is 5.91 Å². The Hall–Kier alpha value is -2.53. The molecule has 0 saturated carbocycles. The van der Waals surface area contributed by atoms with E-state index >= 15 is 0 Å². The van der Waals surface area contributed by atoms with Crippen LogP contribution in [0.5, 0.6) is 0 Å².